The maximum absolute atomic E-state index is 12.2. The van der Waals surface area contributed by atoms with Crippen molar-refractivity contribution < 1.29 is 18.7 Å². The van der Waals surface area contributed by atoms with Gasteiger partial charge in [0, 0.05) is 36.2 Å². The highest BCUT2D eigenvalue weighted by molar-refractivity contribution is 7.99. The third kappa shape index (κ3) is 4.89. The highest BCUT2D eigenvalue weighted by Gasteiger charge is 2.14. The van der Waals surface area contributed by atoms with E-state index in [9.17, 15) is 9.59 Å². The van der Waals surface area contributed by atoms with Gasteiger partial charge in [-0.2, -0.15) is 11.8 Å². The Morgan fingerprint density at radius 1 is 1.23 bits per heavy atom. The van der Waals surface area contributed by atoms with Gasteiger partial charge in [0.1, 0.15) is 17.8 Å². The van der Waals surface area contributed by atoms with Crippen molar-refractivity contribution in [2.24, 2.45) is 0 Å². The second kappa shape index (κ2) is 8.91. The molecule has 0 N–H and O–H groups in total. The third-order valence-corrected chi connectivity index (χ3v) is 5.05. The van der Waals surface area contributed by atoms with Gasteiger partial charge in [-0.15, -0.1) is 0 Å². The molecule has 0 aliphatic carbocycles. The number of carbonyl (C=O) groups is 1. The number of rotatable bonds is 7. The van der Waals surface area contributed by atoms with Crippen LogP contribution >= 0.6 is 11.8 Å². The molecular weight excluding hydrogens is 354 g/mol. The van der Waals surface area contributed by atoms with E-state index >= 15 is 0 Å². The molecule has 0 saturated carbocycles. The maximum atomic E-state index is 12.2. The number of hydrogen-bond acceptors (Lipinski definition) is 7. The molecule has 3 rings (SSSR count). The average molecular weight is 375 g/mol. The van der Waals surface area contributed by atoms with Crippen LogP contribution in [0.2, 0.25) is 0 Å². The summed E-state index contributed by atoms with van der Waals surface area (Å²) in [4.78, 5) is 26.6. The largest absolute Gasteiger partial charge is 0.497 e. The summed E-state index contributed by atoms with van der Waals surface area (Å²) in [6.45, 7) is 2.37. The number of benzene rings is 1. The number of ketones is 1. The molecule has 26 heavy (non-hydrogen) atoms. The minimum absolute atomic E-state index is 0.0461. The summed E-state index contributed by atoms with van der Waals surface area (Å²) < 4.78 is 15.9. The number of Topliss-reactive ketones (excluding diaryl/α,β-unsaturated/α-hetero) is 1. The summed E-state index contributed by atoms with van der Waals surface area (Å²) in [7, 11) is 1.56. The van der Waals surface area contributed by atoms with E-state index in [1.165, 1.54) is 12.3 Å². The van der Waals surface area contributed by atoms with Crippen molar-refractivity contribution in [2.45, 2.75) is 6.54 Å². The lowest BCUT2D eigenvalue weighted by Gasteiger charge is -2.25. The predicted octanol–water partition coefficient (Wildman–Crippen LogP) is 2.46. The zero-order valence-electron chi connectivity index (χ0n) is 14.6. The molecule has 0 bridgehead atoms. The van der Waals surface area contributed by atoms with Crippen LogP contribution in [0, 0.1) is 0 Å². The van der Waals surface area contributed by atoms with Crippen molar-refractivity contribution in [1.29, 1.82) is 0 Å². The van der Waals surface area contributed by atoms with Crippen LogP contribution in [0.1, 0.15) is 16.1 Å². The van der Waals surface area contributed by atoms with Gasteiger partial charge >= 0.3 is 0 Å². The molecule has 2 heterocycles. The van der Waals surface area contributed by atoms with Crippen LogP contribution < -0.4 is 14.9 Å². The first-order chi connectivity index (χ1) is 12.7. The van der Waals surface area contributed by atoms with Crippen molar-refractivity contribution in [3.05, 3.63) is 58.1 Å². The lowest BCUT2D eigenvalue weighted by molar-refractivity contribution is 0.0919. The molecule has 1 fully saturated rings. The molecule has 6 nitrogen and oxygen atoms in total. The summed E-state index contributed by atoms with van der Waals surface area (Å²) >= 11 is 1.93. The Morgan fingerprint density at radius 2 is 1.96 bits per heavy atom. The zero-order valence-corrected chi connectivity index (χ0v) is 15.4. The highest BCUT2D eigenvalue weighted by Crippen LogP contribution is 2.15. The summed E-state index contributed by atoms with van der Waals surface area (Å²) in [5.41, 5.74) is 0.218. The molecule has 7 heteroatoms. The molecule has 1 aliphatic rings. The van der Waals surface area contributed by atoms with E-state index in [0.29, 0.717) is 23.6 Å². The topological polar surface area (TPSA) is 69.0 Å². The lowest BCUT2D eigenvalue weighted by Crippen LogP contribution is -2.32. The van der Waals surface area contributed by atoms with Gasteiger partial charge < -0.3 is 13.9 Å². The van der Waals surface area contributed by atoms with Crippen LogP contribution in [0.5, 0.6) is 11.5 Å². The molecule has 2 aromatic rings. The predicted molar refractivity (Wildman–Crippen MR) is 100 cm³/mol. The molecule has 0 amide bonds. The monoisotopic (exact) mass is 375 g/mol. The van der Waals surface area contributed by atoms with E-state index in [1.807, 2.05) is 11.8 Å². The van der Waals surface area contributed by atoms with Crippen LogP contribution in [0.4, 0.5) is 0 Å². The Labute approximate surface area is 156 Å². The van der Waals surface area contributed by atoms with Crippen molar-refractivity contribution in [2.75, 3.05) is 38.3 Å². The fourth-order valence-corrected chi connectivity index (χ4v) is 3.59. The molecule has 1 aromatic heterocycles. The summed E-state index contributed by atoms with van der Waals surface area (Å²) in [5.74, 6) is 3.30. The Hall–Kier alpha value is -2.25. The quantitative estimate of drug-likeness (QED) is 0.689. The second-order valence-corrected chi connectivity index (χ2v) is 7.13. The zero-order chi connectivity index (χ0) is 18.4. The Morgan fingerprint density at radius 3 is 2.62 bits per heavy atom. The van der Waals surface area contributed by atoms with Gasteiger partial charge in [-0.3, -0.25) is 14.5 Å². The maximum Gasteiger partial charge on any atom is 0.227 e. The fourth-order valence-electron chi connectivity index (χ4n) is 2.61. The van der Waals surface area contributed by atoms with E-state index in [-0.39, 0.29) is 23.6 Å². The standard InChI is InChI=1S/C19H21NO5S/c1-23-15-4-2-14(3-5-15)18(22)12-25-19-13-24-16(10-17(19)21)11-20-6-8-26-9-7-20/h2-5,10,13H,6-9,11-12H2,1H3. The normalized spacial score (nSPS) is 14.8. The minimum Gasteiger partial charge on any atom is -0.497 e. The number of nitrogens with zero attached hydrogens (tertiary/aromatic N) is 1. The molecule has 1 aliphatic heterocycles. The number of thioether (sulfide) groups is 1. The molecular formula is C19H21NO5S. The van der Waals surface area contributed by atoms with Crippen LogP contribution in [-0.4, -0.2) is 49.0 Å². The van der Waals surface area contributed by atoms with Gasteiger partial charge in [0.2, 0.25) is 11.2 Å². The van der Waals surface area contributed by atoms with Crippen molar-refractivity contribution >= 4 is 17.5 Å². The van der Waals surface area contributed by atoms with Gasteiger partial charge in [0.05, 0.1) is 13.7 Å². The van der Waals surface area contributed by atoms with E-state index < -0.39 is 0 Å². The number of ether oxygens (including phenoxy) is 2. The Bertz CT molecular complexity index is 796. The van der Waals surface area contributed by atoms with E-state index in [2.05, 4.69) is 4.90 Å². The molecule has 1 saturated heterocycles. The molecule has 0 radical (unpaired) electrons. The van der Waals surface area contributed by atoms with Crippen LogP contribution in [-0.2, 0) is 6.54 Å². The molecule has 0 unspecified atom stereocenters. The van der Waals surface area contributed by atoms with Crippen molar-refractivity contribution in [3.8, 4) is 11.5 Å². The number of methoxy groups -OCH3 is 1. The van der Waals surface area contributed by atoms with Gasteiger partial charge in [-0.1, -0.05) is 0 Å². The number of hydrogen-bond donors (Lipinski definition) is 0. The highest BCUT2D eigenvalue weighted by atomic mass is 32.2. The average Bonchev–Trinajstić information content (AvgIpc) is 2.68. The Kier molecular flexibility index (Phi) is 6.35. The first kappa shape index (κ1) is 18.5. The van der Waals surface area contributed by atoms with Gasteiger partial charge in [-0.05, 0) is 24.3 Å². The summed E-state index contributed by atoms with van der Waals surface area (Å²) in [6, 6.07) is 8.17. The minimum atomic E-state index is -0.278. The van der Waals surface area contributed by atoms with Crippen LogP contribution in [0.3, 0.4) is 0 Å². The van der Waals surface area contributed by atoms with Crippen LogP contribution in [0.25, 0.3) is 0 Å². The van der Waals surface area contributed by atoms with E-state index in [0.717, 1.165) is 24.6 Å². The van der Waals surface area contributed by atoms with Crippen LogP contribution in [0.15, 0.2) is 45.8 Å². The third-order valence-electron chi connectivity index (χ3n) is 4.11. The summed E-state index contributed by atoms with van der Waals surface area (Å²) in [6.07, 6.45) is 1.29. The SMILES string of the molecule is COc1ccc(C(=O)COc2coc(CN3CCSCC3)cc2=O)cc1. The van der Waals surface area contributed by atoms with Crippen molar-refractivity contribution in [1.82, 2.24) is 4.90 Å². The van der Waals surface area contributed by atoms with E-state index in [4.69, 9.17) is 13.9 Å². The smallest absolute Gasteiger partial charge is 0.227 e. The summed E-state index contributed by atoms with van der Waals surface area (Å²) in [5, 5.41) is 0. The number of carbonyl (C=O) groups excluding carboxylic acids is 1. The molecule has 0 atom stereocenters. The first-order valence-electron chi connectivity index (χ1n) is 8.37. The first-order valence-corrected chi connectivity index (χ1v) is 9.53. The van der Waals surface area contributed by atoms with Gasteiger partial charge in [0.25, 0.3) is 0 Å². The molecule has 1 aromatic carbocycles. The second-order valence-electron chi connectivity index (χ2n) is 5.90. The van der Waals surface area contributed by atoms with E-state index in [1.54, 1.807) is 31.4 Å². The van der Waals surface area contributed by atoms with Gasteiger partial charge in [-0.25, -0.2) is 0 Å². The Balaban J connectivity index is 1.57. The fraction of sp³-hybridized carbons (Fsp3) is 0.368. The van der Waals surface area contributed by atoms with Crippen molar-refractivity contribution in [3.63, 3.8) is 0 Å². The molecule has 0 spiro atoms. The lowest BCUT2D eigenvalue weighted by atomic mass is 10.1. The molecule has 138 valence electrons. The van der Waals surface area contributed by atoms with Gasteiger partial charge in [0.15, 0.2) is 12.4 Å².